The second-order valence-corrected chi connectivity index (χ2v) is 7.93. The summed E-state index contributed by atoms with van der Waals surface area (Å²) in [5.41, 5.74) is -0.140. The van der Waals surface area contributed by atoms with Gasteiger partial charge in [0.05, 0.1) is 22.0 Å². The molecule has 0 saturated carbocycles. The van der Waals surface area contributed by atoms with Gasteiger partial charge in [0, 0.05) is 37.8 Å². The Morgan fingerprint density at radius 1 is 1.29 bits per heavy atom. The molecular weight excluding hydrogens is 334 g/mol. The SMILES string of the molecule is C[C@@H]1CN([C@H](C)CNS(=O)(=O)c2ccc([N+](=O)[O-])cc2)C[C@@H](C)O1. The van der Waals surface area contributed by atoms with Crippen LogP contribution < -0.4 is 4.72 Å². The third kappa shape index (κ3) is 4.73. The lowest BCUT2D eigenvalue weighted by molar-refractivity contribution is -0.384. The molecule has 1 N–H and O–H groups in total. The summed E-state index contributed by atoms with van der Waals surface area (Å²) in [4.78, 5) is 12.3. The number of morpholine rings is 1. The third-order valence-electron chi connectivity index (χ3n) is 4.00. The van der Waals surface area contributed by atoms with Gasteiger partial charge in [0.1, 0.15) is 0 Å². The highest BCUT2D eigenvalue weighted by atomic mass is 32.2. The molecule has 1 aromatic carbocycles. The Bertz CT molecular complexity index is 667. The van der Waals surface area contributed by atoms with E-state index in [0.29, 0.717) is 0 Å². The van der Waals surface area contributed by atoms with Gasteiger partial charge in [-0.3, -0.25) is 15.0 Å². The Labute approximate surface area is 142 Å². The van der Waals surface area contributed by atoms with Crippen LogP contribution in [0.3, 0.4) is 0 Å². The molecule has 1 aliphatic heterocycles. The molecule has 1 saturated heterocycles. The number of nitro benzene ring substituents is 1. The zero-order valence-electron chi connectivity index (χ0n) is 14.0. The normalized spacial score (nSPS) is 23.8. The molecule has 0 aromatic heterocycles. The van der Waals surface area contributed by atoms with Crippen LogP contribution in [-0.4, -0.2) is 56.1 Å². The zero-order chi connectivity index (χ0) is 17.9. The average molecular weight is 357 g/mol. The Morgan fingerprint density at radius 2 is 1.83 bits per heavy atom. The van der Waals surface area contributed by atoms with Crippen LogP contribution in [0.4, 0.5) is 5.69 Å². The third-order valence-corrected chi connectivity index (χ3v) is 5.44. The molecule has 1 aromatic rings. The van der Waals surface area contributed by atoms with Crippen LogP contribution in [0, 0.1) is 10.1 Å². The standard InChI is InChI=1S/C15H23N3O5S/c1-11(17-9-12(2)23-13(3)10-17)8-16-24(21,22)15-6-4-14(5-7-15)18(19)20/h4-7,11-13,16H,8-10H2,1-3H3/t11-,12-,13-/m1/s1. The summed E-state index contributed by atoms with van der Waals surface area (Å²) in [6.07, 6.45) is 0.227. The number of sulfonamides is 1. The summed E-state index contributed by atoms with van der Waals surface area (Å²) in [7, 11) is -3.69. The molecule has 134 valence electrons. The molecule has 0 aliphatic carbocycles. The van der Waals surface area contributed by atoms with Gasteiger partial charge in [0.2, 0.25) is 10.0 Å². The smallest absolute Gasteiger partial charge is 0.269 e. The molecule has 1 fully saturated rings. The van der Waals surface area contributed by atoms with Gasteiger partial charge in [0.25, 0.3) is 5.69 Å². The minimum atomic E-state index is -3.69. The molecule has 0 bridgehead atoms. The first-order valence-electron chi connectivity index (χ1n) is 7.82. The summed E-state index contributed by atoms with van der Waals surface area (Å²) in [6.45, 7) is 7.73. The van der Waals surface area contributed by atoms with Gasteiger partial charge in [-0.25, -0.2) is 13.1 Å². The van der Waals surface area contributed by atoms with Crippen molar-refractivity contribution in [2.45, 2.75) is 43.9 Å². The minimum absolute atomic E-state index is 0.0176. The molecule has 1 aliphatic rings. The van der Waals surface area contributed by atoms with E-state index in [1.165, 1.54) is 24.3 Å². The van der Waals surface area contributed by atoms with Crippen molar-refractivity contribution < 1.29 is 18.1 Å². The maximum absolute atomic E-state index is 12.3. The number of non-ortho nitro benzene ring substituents is 1. The molecule has 0 unspecified atom stereocenters. The number of ether oxygens (including phenoxy) is 1. The number of nitrogens with one attached hydrogen (secondary N) is 1. The van der Waals surface area contributed by atoms with E-state index in [-0.39, 0.29) is 35.4 Å². The number of benzene rings is 1. The van der Waals surface area contributed by atoms with Crippen LogP contribution >= 0.6 is 0 Å². The van der Waals surface area contributed by atoms with Gasteiger partial charge in [-0.05, 0) is 32.9 Å². The van der Waals surface area contributed by atoms with Crippen LogP contribution in [0.1, 0.15) is 20.8 Å². The summed E-state index contributed by atoms with van der Waals surface area (Å²) in [6, 6.07) is 4.87. The largest absolute Gasteiger partial charge is 0.373 e. The second kappa shape index (κ2) is 7.56. The van der Waals surface area contributed by atoms with Gasteiger partial charge in [-0.15, -0.1) is 0 Å². The summed E-state index contributed by atoms with van der Waals surface area (Å²) < 4.78 is 32.9. The predicted molar refractivity (Wildman–Crippen MR) is 89.3 cm³/mol. The van der Waals surface area contributed by atoms with Crippen molar-refractivity contribution in [3.63, 3.8) is 0 Å². The van der Waals surface area contributed by atoms with Crippen molar-refractivity contribution in [2.75, 3.05) is 19.6 Å². The molecule has 0 radical (unpaired) electrons. The highest BCUT2D eigenvalue weighted by Crippen LogP contribution is 2.17. The number of hydrogen-bond acceptors (Lipinski definition) is 6. The Kier molecular flexibility index (Phi) is 5.92. The number of rotatable bonds is 6. The molecule has 24 heavy (non-hydrogen) atoms. The second-order valence-electron chi connectivity index (χ2n) is 6.16. The molecule has 1 heterocycles. The molecule has 0 amide bonds. The predicted octanol–water partition coefficient (Wildman–Crippen LogP) is 1.37. The highest BCUT2D eigenvalue weighted by molar-refractivity contribution is 7.89. The topological polar surface area (TPSA) is 102 Å². The van der Waals surface area contributed by atoms with E-state index in [1.807, 2.05) is 20.8 Å². The van der Waals surface area contributed by atoms with Crippen LogP contribution in [0.15, 0.2) is 29.2 Å². The maximum Gasteiger partial charge on any atom is 0.269 e. The molecule has 3 atom stereocenters. The number of hydrogen-bond donors (Lipinski definition) is 1. The van der Waals surface area contributed by atoms with Gasteiger partial charge < -0.3 is 4.74 Å². The summed E-state index contributed by atoms with van der Waals surface area (Å²) >= 11 is 0. The molecular formula is C15H23N3O5S. The van der Waals surface area contributed by atoms with Gasteiger partial charge in [0.15, 0.2) is 0 Å². The fraction of sp³-hybridized carbons (Fsp3) is 0.600. The lowest BCUT2D eigenvalue weighted by Crippen LogP contribution is -2.52. The van der Waals surface area contributed by atoms with Crippen molar-refractivity contribution in [1.82, 2.24) is 9.62 Å². The van der Waals surface area contributed by atoms with Crippen LogP contribution in [0.2, 0.25) is 0 Å². The average Bonchev–Trinajstić information content (AvgIpc) is 2.51. The highest BCUT2D eigenvalue weighted by Gasteiger charge is 2.26. The van der Waals surface area contributed by atoms with E-state index in [2.05, 4.69) is 9.62 Å². The lowest BCUT2D eigenvalue weighted by atomic mass is 10.2. The first-order chi connectivity index (χ1) is 11.2. The monoisotopic (exact) mass is 357 g/mol. The van der Waals surface area contributed by atoms with Gasteiger partial charge in [-0.1, -0.05) is 0 Å². The van der Waals surface area contributed by atoms with Crippen molar-refractivity contribution >= 4 is 15.7 Å². The number of nitrogens with zero attached hydrogens (tertiary/aromatic N) is 2. The first kappa shape index (κ1) is 18.8. The van der Waals surface area contributed by atoms with Gasteiger partial charge in [-0.2, -0.15) is 0 Å². The van der Waals surface area contributed by atoms with E-state index in [9.17, 15) is 18.5 Å². The van der Waals surface area contributed by atoms with Crippen LogP contribution in [-0.2, 0) is 14.8 Å². The van der Waals surface area contributed by atoms with E-state index in [4.69, 9.17) is 4.74 Å². The minimum Gasteiger partial charge on any atom is -0.373 e. The quantitative estimate of drug-likeness (QED) is 0.609. The Balaban J connectivity index is 1.97. The fourth-order valence-electron chi connectivity index (χ4n) is 2.77. The van der Waals surface area contributed by atoms with Crippen molar-refractivity contribution in [3.8, 4) is 0 Å². The summed E-state index contributed by atoms with van der Waals surface area (Å²) in [5.74, 6) is 0. The van der Waals surface area contributed by atoms with Crippen molar-refractivity contribution in [2.24, 2.45) is 0 Å². The van der Waals surface area contributed by atoms with E-state index in [0.717, 1.165) is 13.1 Å². The summed E-state index contributed by atoms with van der Waals surface area (Å²) in [5, 5.41) is 10.6. The van der Waals surface area contributed by atoms with E-state index in [1.54, 1.807) is 0 Å². The number of nitro groups is 1. The van der Waals surface area contributed by atoms with Crippen LogP contribution in [0.5, 0.6) is 0 Å². The van der Waals surface area contributed by atoms with Gasteiger partial charge >= 0.3 is 0 Å². The Hall–Kier alpha value is -1.55. The molecule has 8 nitrogen and oxygen atoms in total. The zero-order valence-corrected chi connectivity index (χ0v) is 14.8. The van der Waals surface area contributed by atoms with E-state index >= 15 is 0 Å². The van der Waals surface area contributed by atoms with Crippen LogP contribution in [0.25, 0.3) is 0 Å². The van der Waals surface area contributed by atoms with Crippen molar-refractivity contribution in [1.29, 1.82) is 0 Å². The Morgan fingerprint density at radius 3 is 2.33 bits per heavy atom. The molecule has 2 rings (SSSR count). The fourth-order valence-corrected chi connectivity index (χ4v) is 3.89. The van der Waals surface area contributed by atoms with Crippen molar-refractivity contribution in [3.05, 3.63) is 34.4 Å². The maximum atomic E-state index is 12.3. The van der Waals surface area contributed by atoms with E-state index < -0.39 is 14.9 Å². The molecule has 9 heteroatoms. The molecule has 0 spiro atoms. The first-order valence-corrected chi connectivity index (χ1v) is 9.31. The lowest BCUT2D eigenvalue weighted by Gasteiger charge is -2.38.